The van der Waals surface area contributed by atoms with Gasteiger partial charge in [0.15, 0.2) is 0 Å². The third-order valence-corrected chi connectivity index (χ3v) is 6.96. The fourth-order valence-corrected chi connectivity index (χ4v) is 4.60. The molecule has 0 spiro atoms. The fourth-order valence-electron chi connectivity index (χ4n) is 4.60. The summed E-state index contributed by atoms with van der Waals surface area (Å²) >= 11 is 0. The normalized spacial score (nSPS) is 16.1. The zero-order valence-corrected chi connectivity index (χ0v) is 26.3. The van der Waals surface area contributed by atoms with Crippen LogP contribution in [0.4, 0.5) is 18.0 Å². The van der Waals surface area contributed by atoms with Crippen LogP contribution in [0.2, 0.25) is 0 Å². The Morgan fingerprint density at radius 2 is 1.49 bits per heavy atom. The van der Waals surface area contributed by atoms with Gasteiger partial charge < -0.3 is 30.7 Å². The number of nitrogens with one attached hydrogen (secondary N) is 4. The number of halogens is 3. The summed E-state index contributed by atoms with van der Waals surface area (Å²) < 4.78 is 50.0. The van der Waals surface area contributed by atoms with E-state index in [2.05, 4.69) is 21.3 Å². The van der Waals surface area contributed by atoms with Crippen molar-refractivity contribution in [2.24, 2.45) is 5.92 Å². The molecule has 1 unspecified atom stereocenters. The molecule has 3 amide bonds. The van der Waals surface area contributed by atoms with Crippen molar-refractivity contribution >= 4 is 29.8 Å². The van der Waals surface area contributed by atoms with Gasteiger partial charge in [-0.15, -0.1) is 0 Å². The van der Waals surface area contributed by atoms with E-state index in [0.717, 1.165) is 0 Å². The molecule has 252 valence electrons. The van der Waals surface area contributed by atoms with Crippen LogP contribution in [0.15, 0.2) is 30.3 Å². The number of esters is 2. The molecule has 1 aliphatic heterocycles. The Kier molecular flexibility index (Phi) is 14.8. The number of alkyl halides is 3. The van der Waals surface area contributed by atoms with E-state index in [1.54, 1.807) is 51.1 Å². The van der Waals surface area contributed by atoms with Gasteiger partial charge in [-0.3, -0.25) is 14.4 Å². The topological polar surface area (TPSA) is 152 Å². The summed E-state index contributed by atoms with van der Waals surface area (Å²) in [5.41, 5.74) is -0.268. The summed E-state index contributed by atoms with van der Waals surface area (Å²) in [6.45, 7) is 7.86. The fraction of sp³-hybridized carbons (Fsp3) is 0.645. The van der Waals surface area contributed by atoms with E-state index in [0.29, 0.717) is 44.3 Å². The van der Waals surface area contributed by atoms with E-state index in [4.69, 9.17) is 9.47 Å². The quantitative estimate of drug-likeness (QED) is 0.177. The lowest BCUT2D eigenvalue weighted by atomic mass is 9.98. The molecule has 0 bridgehead atoms. The average molecular weight is 643 g/mol. The van der Waals surface area contributed by atoms with Crippen molar-refractivity contribution in [2.45, 2.75) is 109 Å². The maximum absolute atomic E-state index is 13.4. The number of piperidine rings is 1. The maximum Gasteiger partial charge on any atom is 0.408 e. The Hall–Kier alpha value is -3.68. The number of alkyl carbamates (subject to hydrolysis) is 1. The van der Waals surface area contributed by atoms with Crippen molar-refractivity contribution in [3.63, 3.8) is 0 Å². The van der Waals surface area contributed by atoms with Crippen LogP contribution in [0.1, 0.15) is 78.2 Å². The van der Waals surface area contributed by atoms with Crippen molar-refractivity contribution in [2.75, 3.05) is 13.1 Å². The van der Waals surface area contributed by atoms with Crippen molar-refractivity contribution in [1.82, 2.24) is 21.3 Å². The maximum atomic E-state index is 13.4. The molecule has 1 fully saturated rings. The third-order valence-electron chi connectivity index (χ3n) is 6.96. The average Bonchev–Trinajstić information content (AvgIpc) is 2.96. The molecule has 3 atom stereocenters. The van der Waals surface area contributed by atoms with Gasteiger partial charge in [0.05, 0.1) is 5.92 Å². The number of benzene rings is 1. The lowest BCUT2D eigenvalue weighted by Crippen LogP contribution is -2.57. The summed E-state index contributed by atoms with van der Waals surface area (Å²) in [6, 6.07) is 4.19. The predicted octanol–water partition coefficient (Wildman–Crippen LogP) is 3.69. The largest absolute Gasteiger partial charge is 0.444 e. The third kappa shape index (κ3) is 14.8. The summed E-state index contributed by atoms with van der Waals surface area (Å²) in [6.07, 6.45) is -5.80. The molecule has 0 radical (unpaired) electrons. The Morgan fingerprint density at radius 3 is 2.07 bits per heavy atom. The highest BCUT2D eigenvalue weighted by Crippen LogP contribution is 2.23. The van der Waals surface area contributed by atoms with Crippen LogP contribution >= 0.6 is 0 Å². The number of rotatable bonds is 14. The van der Waals surface area contributed by atoms with Crippen molar-refractivity contribution in [1.29, 1.82) is 0 Å². The van der Waals surface area contributed by atoms with E-state index in [-0.39, 0.29) is 12.8 Å². The van der Waals surface area contributed by atoms with Crippen molar-refractivity contribution in [3.8, 4) is 0 Å². The first-order chi connectivity index (χ1) is 21.1. The number of carbonyl (C=O) groups is 5. The first kappa shape index (κ1) is 37.5. The van der Waals surface area contributed by atoms with Gasteiger partial charge in [0.2, 0.25) is 11.8 Å². The highest BCUT2D eigenvalue weighted by atomic mass is 19.4. The van der Waals surface area contributed by atoms with Gasteiger partial charge in [0.1, 0.15) is 23.7 Å². The van der Waals surface area contributed by atoms with Gasteiger partial charge in [0.25, 0.3) is 0 Å². The monoisotopic (exact) mass is 642 g/mol. The second-order valence-corrected chi connectivity index (χ2v) is 12.1. The van der Waals surface area contributed by atoms with Gasteiger partial charge in [-0.05, 0) is 65.1 Å². The van der Waals surface area contributed by atoms with Crippen LogP contribution in [0, 0.1) is 5.92 Å². The minimum atomic E-state index is -4.65. The Bertz CT molecular complexity index is 1140. The number of amides is 3. The Balaban J connectivity index is 2.24. The zero-order chi connectivity index (χ0) is 33.6. The van der Waals surface area contributed by atoms with Crippen LogP contribution in [0.5, 0.6) is 0 Å². The minimum Gasteiger partial charge on any atom is -0.444 e. The molecule has 0 saturated carbocycles. The number of ether oxygens (including phenoxy) is 2. The summed E-state index contributed by atoms with van der Waals surface area (Å²) in [5.74, 6) is -4.22. The Morgan fingerprint density at radius 1 is 0.889 bits per heavy atom. The molecular weight excluding hydrogens is 597 g/mol. The summed E-state index contributed by atoms with van der Waals surface area (Å²) in [4.78, 5) is 64.8. The lowest BCUT2D eigenvalue weighted by Gasteiger charge is -2.27. The smallest absolute Gasteiger partial charge is 0.408 e. The highest BCUT2D eigenvalue weighted by molar-refractivity contribution is 5.95. The second kappa shape index (κ2) is 17.7. The van der Waals surface area contributed by atoms with Crippen LogP contribution in [-0.4, -0.2) is 72.8 Å². The highest BCUT2D eigenvalue weighted by Gasteiger charge is 2.36. The number of hydrogen-bond donors (Lipinski definition) is 4. The molecule has 1 aromatic rings. The lowest BCUT2D eigenvalue weighted by molar-refractivity contribution is -0.165. The van der Waals surface area contributed by atoms with E-state index >= 15 is 0 Å². The number of carbonyl (C=O) groups excluding carboxylic acids is 5. The van der Waals surface area contributed by atoms with Crippen LogP contribution in [-0.2, 0) is 35.1 Å². The van der Waals surface area contributed by atoms with Crippen LogP contribution < -0.4 is 21.3 Å². The molecule has 2 rings (SSSR count). The van der Waals surface area contributed by atoms with E-state index in [1.807, 2.05) is 6.92 Å². The SMILES string of the molecule is CCCCC(NC(=O)[C@@H](CCC(F)(F)F)NC(=O)[C@@H](Cc1ccccc1)NC(=O)OC(C)(C)C)C(=O)OC(=O)C1CCNCC1. The van der Waals surface area contributed by atoms with Gasteiger partial charge in [-0.1, -0.05) is 50.1 Å². The van der Waals surface area contributed by atoms with Gasteiger partial charge in [-0.25, -0.2) is 9.59 Å². The number of hydrogen-bond acceptors (Lipinski definition) is 8. The van der Waals surface area contributed by atoms with Gasteiger partial charge >= 0.3 is 24.2 Å². The molecule has 14 heteroatoms. The van der Waals surface area contributed by atoms with E-state index < -0.39 is 78.5 Å². The van der Waals surface area contributed by atoms with Crippen LogP contribution in [0.3, 0.4) is 0 Å². The zero-order valence-electron chi connectivity index (χ0n) is 26.3. The first-order valence-electron chi connectivity index (χ1n) is 15.2. The Labute approximate surface area is 261 Å². The predicted molar refractivity (Wildman–Crippen MR) is 159 cm³/mol. The van der Waals surface area contributed by atoms with Gasteiger partial charge in [-0.2, -0.15) is 13.2 Å². The molecule has 0 aromatic heterocycles. The summed E-state index contributed by atoms with van der Waals surface area (Å²) in [5, 5.41) is 10.2. The molecule has 1 aromatic carbocycles. The van der Waals surface area contributed by atoms with Crippen LogP contribution in [0.25, 0.3) is 0 Å². The van der Waals surface area contributed by atoms with Gasteiger partial charge in [0, 0.05) is 12.8 Å². The minimum absolute atomic E-state index is 0.0518. The molecule has 0 aliphatic carbocycles. The first-order valence-corrected chi connectivity index (χ1v) is 15.2. The van der Waals surface area contributed by atoms with Crippen molar-refractivity contribution < 1.29 is 46.6 Å². The molecule has 1 saturated heterocycles. The molecule has 1 heterocycles. The number of unbranched alkanes of at least 4 members (excludes halogenated alkanes) is 1. The molecule has 45 heavy (non-hydrogen) atoms. The molecule has 4 N–H and O–H groups in total. The molecule has 11 nitrogen and oxygen atoms in total. The molecular formula is C31H45F3N4O7. The van der Waals surface area contributed by atoms with Crippen molar-refractivity contribution in [3.05, 3.63) is 35.9 Å². The summed E-state index contributed by atoms with van der Waals surface area (Å²) in [7, 11) is 0. The molecule has 1 aliphatic rings. The van der Waals surface area contributed by atoms with E-state index in [9.17, 15) is 37.1 Å². The standard InChI is InChI=1S/C31H45F3N4O7/c1-5-6-12-23(28(42)44-27(41)21-14-17-35-18-15-21)37-25(39)22(13-16-31(32,33)34)36-26(40)24(19-20-10-8-7-9-11-20)38-29(43)45-30(2,3)4/h7-11,21-24,35H,5-6,12-19H2,1-4H3,(H,36,40)(H,37,39)(H,38,43)/t22-,23?,24-/m1/s1. The van der Waals surface area contributed by atoms with E-state index in [1.165, 1.54) is 0 Å². The second-order valence-electron chi connectivity index (χ2n) is 12.1.